The number of carbonyl (C=O) groups is 1. The van der Waals surface area contributed by atoms with Crippen molar-refractivity contribution in [2.45, 2.75) is 54.5 Å². The van der Waals surface area contributed by atoms with E-state index in [-0.39, 0.29) is 12.6 Å². The first kappa shape index (κ1) is 27.6. The molecule has 0 saturated heterocycles. The molecule has 3 rings (SSSR count). The van der Waals surface area contributed by atoms with Gasteiger partial charge in [0, 0.05) is 38.5 Å². The Balaban J connectivity index is 2.14. The summed E-state index contributed by atoms with van der Waals surface area (Å²) in [6.45, 7) is 3.92. The van der Waals surface area contributed by atoms with Crippen LogP contribution < -0.4 is 9.64 Å². The minimum atomic E-state index is -3.35. The zero-order valence-corrected chi connectivity index (χ0v) is 22.6. The number of aliphatic carboxylic acids is 1. The Labute approximate surface area is 213 Å². The highest BCUT2D eigenvalue weighted by Crippen LogP contribution is 2.60. The molecule has 1 aliphatic rings. The van der Waals surface area contributed by atoms with E-state index in [1.54, 1.807) is 17.4 Å². The van der Waals surface area contributed by atoms with Gasteiger partial charge in [-0.05, 0) is 37.8 Å². The number of anilines is 2. The van der Waals surface area contributed by atoms with E-state index in [9.17, 15) is 19.0 Å². The lowest BCUT2D eigenvalue weighted by Crippen LogP contribution is -2.43. The minimum Gasteiger partial charge on any atom is -0.489 e. The van der Waals surface area contributed by atoms with Gasteiger partial charge >= 0.3 is 5.97 Å². The largest absolute Gasteiger partial charge is 0.489 e. The number of thioether (sulfide) groups is 1. The molecule has 10 heteroatoms. The monoisotopic (exact) mass is 524 g/mol. The summed E-state index contributed by atoms with van der Waals surface area (Å²) in [6.07, 6.45) is 4.71. The molecule has 0 fully saturated rings. The molecule has 0 amide bonds. The summed E-state index contributed by atoms with van der Waals surface area (Å²) in [4.78, 5) is 14.9. The first-order valence-electron chi connectivity index (χ1n) is 11.6. The first-order chi connectivity index (χ1) is 16.6. The molecule has 2 aromatic rings. The molecular formula is C25H36N2O6S2. The molecule has 194 valence electrons. The second-order valence-corrected chi connectivity index (χ2v) is 11.7. The van der Waals surface area contributed by atoms with E-state index >= 15 is 0 Å². The van der Waals surface area contributed by atoms with Crippen molar-refractivity contribution >= 4 is 39.9 Å². The van der Waals surface area contributed by atoms with Crippen molar-refractivity contribution in [3.05, 3.63) is 42.5 Å². The number of carboxylic acid groups (broad SMARTS) is 1. The maximum absolute atomic E-state index is 11.7. The lowest BCUT2D eigenvalue weighted by molar-refractivity contribution is -0.163. The summed E-state index contributed by atoms with van der Waals surface area (Å²) >= 11 is 1.45. The van der Waals surface area contributed by atoms with E-state index in [1.165, 1.54) is 25.8 Å². The predicted octanol–water partition coefficient (Wildman–Crippen LogP) is 5.94. The molecule has 8 nitrogen and oxygen atoms in total. The second-order valence-electron chi connectivity index (χ2n) is 8.81. The van der Waals surface area contributed by atoms with Crippen LogP contribution in [0.2, 0.25) is 0 Å². The quantitative estimate of drug-likeness (QED) is 0.326. The van der Waals surface area contributed by atoms with Crippen molar-refractivity contribution < 1.29 is 28.5 Å². The molecule has 0 aromatic heterocycles. The van der Waals surface area contributed by atoms with Gasteiger partial charge < -0.3 is 19.5 Å². The summed E-state index contributed by atoms with van der Waals surface area (Å²) in [6, 6.07) is 13.4. The molecule has 2 aromatic carbocycles. The van der Waals surface area contributed by atoms with Crippen LogP contribution in [0.1, 0.15) is 33.1 Å². The van der Waals surface area contributed by atoms with Gasteiger partial charge in [-0.2, -0.15) is 0 Å². The number of benzene rings is 2. The molecule has 0 bridgehead atoms. The Morgan fingerprint density at radius 2 is 1.94 bits per heavy atom. The number of hydrogen-bond donors (Lipinski definition) is 3. The van der Waals surface area contributed by atoms with Crippen LogP contribution >= 0.6 is 22.5 Å². The summed E-state index contributed by atoms with van der Waals surface area (Å²) in [7, 11) is -0.270. The topological polar surface area (TPSA) is 103 Å². The van der Waals surface area contributed by atoms with Crippen LogP contribution in [0.4, 0.5) is 11.4 Å². The van der Waals surface area contributed by atoms with Crippen molar-refractivity contribution in [1.29, 1.82) is 0 Å². The number of hydrogen-bond acceptors (Lipinski definition) is 8. The van der Waals surface area contributed by atoms with Crippen molar-refractivity contribution in [2.75, 3.05) is 38.5 Å². The van der Waals surface area contributed by atoms with Crippen LogP contribution in [0.15, 0.2) is 52.3 Å². The molecule has 2 atom stereocenters. The molecule has 2 unspecified atom stereocenters. The number of methoxy groups -OCH3 is 1. The van der Waals surface area contributed by atoms with E-state index < -0.39 is 22.3 Å². The Bertz CT molecular complexity index is 1020. The fourth-order valence-electron chi connectivity index (χ4n) is 4.01. The van der Waals surface area contributed by atoms with Gasteiger partial charge in [-0.25, -0.2) is 9.10 Å². The van der Waals surface area contributed by atoms with Crippen LogP contribution in [-0.4, -0.2) is 69.7 Å². The van der Waals surface area contributed by atoms with Crippen LogP contribution in [0.5, 0.6) is 5.75 Å². The molecular weight excluding hydrogens is 488 g/mol. The molecule has 0 aliphatic carbocycles. The van der Waals surface area contributed by atoms with Crippen molar-refractivity contribution in [1.82, 2.24) is 4.31 Å². The molecule has 0 radical (unpaired) electrons. The van der Waals surface area contributed by atoms with Crippen LogP contribution in [-0.2, 0) is 9.53 Å². The third kappa shape index (κ3) is 5.73. The van der Waals surface area contributed by atoms with E-state index in [4.69, 9.17) is 9.47 Å². The third-order valence-electron chi connectivity index (χ3n) is 6.50. The number of likely N-dealkylation sites (N-methyl/N-ethyl adjacent to an activating group) is 1. The molecule has 1 aliphatic heterocycles. The van der Waals surface area contributed by atoms with E-state index in [0.29, 0.717) is 22.9 Å². The average Bonchev–Trinajstić information content (AvgIpc) is 2.94. The first-order valence-corrected chi connectivity index (χ1v) is 14.3. The summed E-state index contributed by atoms with van der Waals surface area (Å²) in [5, 5.41) is 9.55. The lowest BCUT2D eigenvalue weighted by Gasteiger charge is -2.43. The Morgan fingerprint density at radius 3 is 2.51 bits per heavy atom. The standard InChI is InChI=1S/C25H36N2O6S2/c1-6-7-11-19-16-27(18-12-9-8-10-13-18)20-14-22(34-5)21(15-23(20)35(30,31)26(19)3)33-17-25(2,32-4)24(28)29/h8-10,12-15,19,30-31H,6-7,11,16-17H2,1-5H3,(H,28,29). The fraction of sp³-hybridized carbons (Fsp3) is 0.480. The van der Waals surface area contributed by atoms with Gasteiger partial charge in [0.15, 0.2) is 5.60 Å². The normalized spacial score (nSPS) is 20.4. The smallest absolute Gasteiger partial charge is 0.339 e. The minimum absolute atomic E-state index is 0.0848. The number of fused-ring (bicyclic) bond motifs is 1. The third-order valence-corrected chi connectivity index (χ3v) is 9.28. The Kier molecular flexibility index (Phi) is 9.01. The fourth-order valence-corrected chi connectivity index (χ4v) is 6.17. The molecule has 0 saturated carbocycles. The van der Waals surface area contributed by atoms with Gasteiger partial charge in [-0.3, -0.25) is 9.11 Å². The van der Waals surface area contributed by atoms with Crippen molar-refractivity contribution in [3.8, 4) is 5.75 Å². The van der Waals surface area contributed by atoms with Gasteiger partial charge in [0.05, 0.1) is 10.6 Å². The van der Waals surface area contributed by atoms with Crippen LogP contribution in [0.25, 0.3) is 0 Å². The van der Waals surface area contributed by atoms with Crippen LogP contribution in [0, 0.1) is 0 Å². The lowest BCUT2D eigenvalue weighted by atomic mass is 10.1. The maximum Gasteiger partial charge on any atom is 0.339 e. The number of nitrogens with zero attached hydrogens (tertiary/aromatic N) is 2. The summed E-state index contributed by atoms with van der Waals surface area (Å²) < 4.78 is 35.8. The number of para-hydroxylation sites is 1. The number of unbranched alkanes of at least 4 members (excludes halogenated alkanes) is 1. The highest BCUT2D eigenvalue weighted by atomic mass is 32.3. The summed E-state index contributed by atoms with van der Waals surface area (Å²) in [5.41, 5.74) is 0.119. The molecule has 35 heavy (non-hydrogen) atoms. The zero-order chi connectivity index (χ0) is 25.8. The summed E-state index contributed by atoms with van der Waals surface area (Å²) in [5.74, 6) is -0.757. The van der Waals surface area contributed by atoms with Gasteiger partial charge in [0.25, 0.3) is 0 Å². The van der Waals surface area contributed by atoms with Crippen LogP contribution in [0.3, 0.4) is 0 Å². The molecule has 1 heterocycles. The Hall–Kier alpha value is -1.95. The highest BCUT2D eigenvalue weighted by Gasteiger charge is 2.39. The van der Waals surface area contributed by atoms with E-state index in [1.807, 2.05) is 42.7 Å². The zero-order valence-electron chi connectivity index (χ0n) is 20.9. The molecule has 3 N–H and O–H groups in total. The average molecular weight is 525 g/mol. The Morgan fingerprint density at radius 1 is 1.26 bits per heavy atom. The van der Waals surface area contributed by atoms with Crippen molar-refractivity contribution in [3.63, 3.8) is 0 Å². The number of ether oxygens (including phenoxy) is 2. The van der Waals surface area contributed by atoms with Gasteiger partial charge in [-0.15, -0.1) is 22.5 Å². The second kappa shape index (κ2) is 11.4. The highest BCUT2D eigenvalue weighted by molar-refractivity contribution is 8.22. The number of rotatable bonds is 10. The maximum atomic E-state index is 11.7. The van der Waals surface area contributed by atoms with Crippen molar-refractivity contribution in [2.24, 2.45) is 0 Å². The van der Waals surface area contributed by atoms with Gasteiger partial charge in [-0.1, -0.05) is 38.0 Å². The predicted molar refractivity (Wildman–Crippen MR) is 142 cm³/mol. The van der Waals surface area contributed by atoms with Gasteiger partial charge in [0.1, 0.15) is 17.3 Å². The van der Waals surface area contributed by atoms with E-state index in [2.05, 4.69) is 11.8 Å². The van der Waals surface area contributed by atoms with E-state index in [0.717, 1.165) is 29.8 Å². The van der Waals surface area contributed by atoms with Gasteiger partial charge in [0.2, 0.25) is 0 Å². The SMILES string of the molecule is CCCCC1CN(c2ccccc2)c2cc(SC)c(OCC(C)(OC)C(=O)O)cc2S(O)(O)N1C. The number of carboxylic acids is 1. The molecule has 0 spiro atoms.